The molecule has 30 heavy (non-hydrogen) atoms. The van der Waals surface area contributed by atoms with Crippen molar-refractivity contribution >= 4 is 33.3 Å². The molecule has 4 rings (SSSR count). The number of para-hydroxylation sites is 1. The molecule has 2 atom stereocenters. The molecule has 1 fully saturated rings. The third kappa shape index (κ3) is 4.65. The van der Waals surface area contributed by atoms with Crippen molar-refractivity contribution in [3.63, 3.8) is 0 Å². The molecule has 10 heteroatoms. The molecule has 0 aliphatic heterocycles. The molecule has 0 bridgehead atoms. The highest BCUT2D eigenvalue weighted by Crippen LogP contribution is 2.37. The van der Waals surface area contributed by atoms with Gasteiger partial charge < -0.3 is 15.7 Å². The topological polar surface area (TPSA) is 83.0 Å². The molecule has 0 spiro atoms. The normalized spacial score (nSPS) is 19.4. The molecule has 1 saturated carbocycles. The third-order valence-electron chi connectivity index (χ3n) is 5.18. The van der Waals surface area contributed by atoms with Crippen LogP contribution in [0.15, 0.2) is 24.3 Å². The molecule has 1 aliphatic carbocycles. The Kier molecular flexibility index (Phi) is 5.79. The Labute approximate surface area is 175 Å². The van der Waals surface area contributed by atoms with Gasteiger partial charge in [0.05, 0.1) is 21.5 Å². The number of benzene rings is 1. The predicted molar refractivity (Wildman–Crippen MR) is 112 cm³/mol. The summed E-state index contributed by atoms with van der Waals surface area (Å²) in [5, 5.41) is 15.8. The molecule has 3 aromatic rings. The number of fused-ring (bicyclic) bond motifs is 1. The lowest BCUT2D eigenvalue weighted by Gasteiger charge is -2.18. The quantitative estimate of drug-likeness (QED) is 0.523. The number of rotatable bonds is 6. The van der Waals surface area contributed by atoms with E-state index in [4.69, 9.17) is 0 Å². The fourth-order valence-electron chi connectivity index (χ4n) is 3.74. The maximum Gasteiger partial charge on any atom is 0.405 e. The van der Waals surface area contributed by atoms with Gasteiger partial charge in [-0.3, -0.25) is 0 Å². The van der Waals surface area contributed by atoms with Crippen LogP contribution in [0, 0.1) is 12.8 Å². The summed E-state index contributed by atoms with van der Waals surface area (Å²) < 4.78 is 39.0. The van der Waals surface area contributed by atoms with Gasteiger partial charge in [-0.05, 0) is 44.2 Å². The van der Waals surface area contributed by atoms with Gasteiger partial charge in [-0.1, -0.05) is 12.1 Å². The molecule has 1 aromatic carbocycles. The van der Waals surface area contributed by atoms with Gasteiger partial charge in [-0.25, -0.2) is 9.97 Å². The van der Waals surface area contributed by atoms with Gasteiger partial charge >= 0.3 is 6.18 Å². The molecule has 0 amide bonds. The fourth-order valence-corrected chi connectivity index (χ4v) is 4.80. The number of alkyl halides is 3. The van der Waals surface area contributed by atoms with Crippen LogP contribution in [0.1, 0.15) is 25.0 Å². The highest BCUT2D eigenvalue weighted by molar-refractivity contribution is 7.21. The lowest BCUT2D eigenvalue weighted by atomic mass is 10.1. The van der Waals surface area contributed by atoms with Crippen LogP contribution < -0.4 is 10.6 Å². The molecule has 0 saturated heterocycles. The van der Waals surface area contributed by atoms with Crippen LogP contribution in [-0.4, -0.2) is 45.4 Å². The first-order valence-corrected chi connectivity index (χ1v) is 10.6. The van der Waals surface area contributed by atoms with Gasteiger partial charge in [0.25, 0.3) is 0 Å². The van der Waals surface area contributed by atoms with Crippen molar-refractivity contribution in [3.8, 4) is 10.6 Å². The number of aliphatic hydroxyl groups excluding tert-OH is 1. The van der Waals surface area contributed by atoms with Crippen molar-refractivity contribution in [1.82, 2.24) is 15.0 Å². The zero-order valence-electron chi connectivity index (χ0n) is 16.3. The molecule has 160 valence electrons. The minimum atomic E-state index is -4.36. The number of anilines is 2. The number of hydrogen-bond donors (Lipinski definition) is 3. The van der Waals surface area contributed by atoms with Crippen LogP contribution >= 0.6 is 11.3 Å². The summed E-state index contributed by atoms with van der Waals surface area (Å²) >= 11 is 1.49. The Balaban J connectivity index is 1.71. The Bertz CT molecular complexity index is 1010. The average molecular weight is 437 g/mol. The first kappa shape index (κ1) is 20.8. The monoisotopic (exact) mass is 437 g/mol. The van der Waals surface area contributed by atoms with E-state index >= 15 is 0 Å². The molecule has 2 unspecified atom stereocenters. The minimum Gasteiger partial charge on any atom is -0.396 e. The Morgan fingerprint density at radius 3 is 2.67 bits per heavy atom. The largest absolute Gasteiger partial charge is 0.405 e. The van der Waals surface area contributed by atoms with Gasteiger partial charge in [-0.15, -0.1) is 11.3 Å². The molecule has 0 radical (unpaired) electrons. The fraction of sp³-hybridized carbons (Fsp3) is 0.450. The SMILES string of the molecule is Cc1nc(NCC(F)(F)F)nc(NC2CCC(CO)C2)c1-c1nc2ccccc2s1. The van der Waals surface area contributed by atoms with Crippen molar-refractivity contribution < 1.29 is 18.3 Å². The van der Waals surface area contributed by atoms with Crippen LogP contribution in [0.2, 0.25) is 0 Å². The van der Waals surface area contributed by atoms with Crippen LogP contribution in [0.5, 0.6) is 0 Å². The molecule has 2 aromatic heterocycles. The van der Waals surface area contributed by atoms with E-state index in [1.54, 1.807) is 6.92 Å². The number of halogens is 3. The van der Waals surface area contributed by atoms with E-state index in [1.165, 1.54) is 11.3 Å². The van der Waals surface area contributed by atoms with Crippen molar-refractivity contribution in [2.45, 2.75) is 38.4 Å². The van der Waals surface area contributed by atoms with Crippen LogP contribution in [0.4, 0.5) is 24.9 Å². The van der Waals surface area contributed by atoms with E-state index in [1.807, 2.05) is 24.3 Å². The highest BCUT2D eigenvalue weighted by Gasteiger charge is 2.29. The lowest BCUT2D eigenvalue weighted by Crippen LogP contribution is -2.24. The smallest absolute Gasteiger partial charge is 0.396 e. The maximum atomic E-state index is 12.6. The first-order valence-electron chi connectivity index (χ1n) is 9.75. The van der Waals surface area contributed by atoms with Crippen LogP contribution in [0.25, 0.3) is 20.8 Å². The number of hydrogen-bond acceptors (Lipinski definition) is 7. The first-order chi connectivity index (χ1) is 14.3. The summed E-state index contributed by atoms with van der Waals surface area (Å²) in [6.45, 7) is 0.671. The second-order valence-electron chi connectivity index (χ2n) is 7.51. The highest BCUT2D eigenvalue weighted by atomic mass is 32.1. The Hall–Kier alpha value is -2.46. The van der Waals surface area contributed by atoms with Crippen LogP contribution in [-0.2, 0) is 0 Å². The van der Waals surface area contributed by atoms with E-state index in [-0.39, 0.29) is 24.5 Å². The number of nitrogens with zero attached hydrogens (tertiary/aromatic N) is 3. The zero-order valence-corrected chi connectivity index (χ0v) is 17.1. The van der Waals surface area contributed by atoms with E-state index in [9.17, 15) is 18.3 Å². The molecular weight excluding hydrogens is 415 g/mol. The van der Waals surface area contributed by atoms with Gasteiger partial charge in [0, 0.05) is 12.6 Å². The van der Waals surface area contributed by atoms with Crippen molar-refractivity contribution in [2.75, 3.05) is 23.8 Å². The zero-order chi connectivity index (χ0) is 21.3. The number of aromatic nitrogens is 3. The van der Waals surface area contributed by atoms with E-state index in [2.05, 4.69) is 25.6 Å². The van der Waals surface area contributed by atoms with Crippen molar-refractivity contribution in [3.05, 3.63) is 30.0 Å². The Morgan fingerprint density at radius 2 is 1.97 bits per heavy atom. The average Bonchev–Trinajstić information content (AvgIpc) is 3.32. The predicted octanol–water partition coefficient (Wildman–Crippen LogP) is 4.61. The summed E-state index contributed by atoms with van der Waals surface area (Å²) in [7, 11) is 0. The molecule has 3 N–H and O–H groups in total. The van der Waals surface area contributed by atoms with Gasteiger partial charge in [-0.2, -0.15) is 18.2 Å². The summed E-state index contributed by atoms with van der Waals surface area (Å²) in [6.07, 6.45) is -1.83. The lowest BCUT2D eigenvalue weighted by molar-refractivity contribution is -0.115. The molecule has 6 nitrogen and oxygen atoms in total. The van der Waals surface area contributed by atoms with E-state index in [0.717, 1.165) is 34.5 Å². The number of aryl methyl sites for hydroxylation is 1. The Morgan fingerprint density at radius 1 is 1.17 bits per heavy atom. The summed E-state index contributed by atoms with van der Waals surface area (Å²) in [5.74, 6) is 0.614. The molecule has 1 aliphatic rings. The van der Waals surface area contributed by atoms with E-state index in [0.29, 0.717) is 17.1 Å². The maximum absolute atomic E-state index is 12.6. The van der Waals surface area contributed by atoms with Crippen LogP contribution in [0.3, 0.4) is 0 Å². The van der Waals surface area contributed by atoms with E-state index < -0.39 is 12.7 Å². The van der Waals surface area contributed by atoms with Gasteiger partial charge in [0.15, 0.2) is 0 Å². The summed E-state index contributed by atoms with van der Waals surface area (Å²) in [6, 6.07) is 7.82. The number of aliphatic hydroxyl groups is 1. The summed E-state index contributed by atoms with van der Waals surface area (Å²) in [5.41, 5.74) is 2.09. The van der Waals surface area contributed by atoms with Gasteiger partial charge in [0.1, 0.15) is 17.4 Å². The molecule has 2 heterocycles. The minimum absolute atomic E-state index is 0.0751. The second-order valence-corrected chi connectivity index (χ2v) is 8.55. The standard InChI is InChI=1S/C20H22F3N5OS/c1-11-16(18-27-14-4-2-3-5-15(14)30-18)17(26-13-7-6-12(8-13)9-29)28-19(25-11)24-10-20(21,22)23/h2-5,12-13,29H,6-10H2,1H3,(H2,24,25,26,28). The summed E-state index contributed by atoms with van der Waals surface area (Å²) in [4.78, 5) is 13.3. The third-order valence-corrected chi connectivity index (χ3v) is 6.24. The number of thiazole rings is 1. The van der Waals surface area contributed by atoms with Crippen molar-refractivity contribution in [1.29, 1.82) is 0 Å². The van der Waals surface area contributed by atoms with Crippen molar-refractivity contribution in [2.24, 2.45) is 5.92 Å². The second kappa shape index (κ2) is 8.35. The number of nitrogens with one attached hydrogen (secondary N) is 2. The molecular formula is C20H22F3N5OS. The van der Waals surface area contributed by atoms with Gasteiger partial charge in [0.2, 0.25) is 5.95 Å².